The van der Waals surface area contributed by atoms with Crippen LogP contribution >= 0.6 is 0 Å². The molecule has 0 atom stereocenters. The molecule has 0 aliphatic heterocycles. The lowest BCUT2D eigenvalue weighted by molar-refractivity contribution is -0.115. The van der Waals surface area contributed by atoms with Gasteiger partial charge in [0.05, 0.1) is 22.8 Å². The zero-order valence-electron chi connectivity index (χ0n) is 14.9. The number of carbonyl (C=O) groups excluding carboxylic acids is 1. The summed E-state index contributed by atoms with van der Waals surface area (Å²) >= 11 is 0. The highest BCUT2D eigenvalue weighted by Crippen LogP contribution is 2.29. The molecule has 3 rings (SSSR count). The predicted octanol–water partition coefficient (Wildman–Crippen LogP) is 4.07. The standard InChI is InChI=1S/C21H17N3O3/c1-12-8-13(2)20-16(9-12)17(21(26)27)11-18(24-20)14-4-3-5-15(10-14)23-19(25)6-7-22/h3-5,8-11H,6H2,1-2H3,(H,23,25)(H,26,27). The van der Waals surface area contributed by atoms with Crippen molar-refractivity contribution >= 4 is 28.5 Å². The van der Waals surface area contributed by atoms with Crippen molar-refractivity contribution in [3.05, 3.63) is 59.2 Å². The van der Waals surface area contributed by atoms with Gasteiger partial charge in [-0.15, -0.1) is 0 Å². The van der Waals surface area contributed by atoms with E-state index in [0.717, 1.165) is 11.1 Å². The first-order valence-corrected chi connectivity index (χ1v) is 8.31. The molecule has 27 heavy (non-hydrogen) atoms. The van der Waals surface area contributed by atoms with Crippen molar-refractivity contribution in [2.24, 2.45) is 0 Å². The van der Waals surface area contributed by atoms with Gasteiger partial charge in [-0.25, -0.2) is 9.78 Å². The summed E-state index contributed by atoms with van der Waals surface area (Å²) in [5.41, 5.74) is 4.38. The fraction of sp³-hybridized carbons (Fsp3) is 0.143. The molecule has 0 unspecified atom stereocenters. The Labute approximate surface area is 156 Å². The maximum Gasteiger partial charge on any atom is 0.336 e. The van der Waals surface area contributed by atoms with Gasteiger partial charge in [-0.1, -0.05) is 23.8 Å². The number of carbonyl (C=O) groups is 2. The Bertz CT molecular complexity index is 1110. The zero-order valence-corrected chi connectivity index (χ0v) is 14.9. The van der Waals surface area contributed by atoms with Crippen molar-refractivity contribution in [1.29, 1.82) is 5.26 Å². The summed E-state index contributed by atoms with van der Waals surface area (Å²) in [4.78, 5) is 28.1. The Kier molecular flexibility index (Phi) is 4.86. The van der Waals surface area contributed by atoms with E-state index >= 15 is 0 Å². The van der Waals surface area contributed by atoms with Crippen molar-refractivity contribution in [3.63, 3.8) is 0 Å². The summed E-state index contributed by atoms with van der Waals surface area (Å²) in [5, 5.41) is 21.5. The highest BCUT2D eigenvalue weighted by Gasteiger charge is 2.15. The van der Waals surface area contributed by atoms with Crippen LogP contribution in [-0.4, -0.2) is 22.0 Å². The molecule has 2 N–H and O–H groups in total. The number of nitrogens with zero attached hydrogens (tertiary/aromatic N) is 2. The smallest absolute Gasteiger partial charge is 0.336 e. The summed E-state index contributed by atoms with van der Waals surface area (Å²) in [6.07, 6.45) is -0.236. The van der Waals surface area contributed by atoms with Gasteiger partial charge in [-0.3, -0.25) is 4.79 Å². The number of nitrogens with one attached hydrogen (secondary N) is 1. The van der Waals surface area contributed by atoms with E-state index in [0.29, 0.717) is 27.8 Å². The van der Waals surface area contributed by atoms with Crippen LogP contribution in [0.25, 0.3) is 22.2 Å². The van der Waals surface area contributed by atoms with Crippen LogP contribution < -0.4 is 5.32 Å². The minimum atomic E-state index is -1.02. The maximum atomic E-state index is 11.8. The molecule has 0 aliphatic carbocycles. The van der Waals surface area contributed by atoms with Crippen LogP contribution in [0.5, 0.6) is 0 Å². The number of aromatic nitrogens is 1. The molecule has 0 bridgehead atoms. The number of carboxylic acid groups (broad SMARTS) is 1. The molecular weight excluding hydrogens is 342 g/mol. The molecule has 134 valence electrons. The number of aromatic carboxylic acids is 1. The van der Waals surface area contributed by atoms with Crippen molar-refractivity contribution in [3.8, 4) is 17.3 Å². The SMILES string of the molecule is Cc1cc(C)c2nc(-c3cccc(NC(=O)CC#N)c3)cc(C(=O)O)c2c1. The van der Waals surface area contributed by atoms with E-state index in [1.54, 1.807) is 36.4 Å². The summed E-state index contributed by atoms with van der Waals surface area (Å²) in [5.74, 6) is -1.43. The Morgan fingerprint density at radius 1 is 1.19 bits per heavy atom. The molecule has 6 heteroatoms. The summed E-state index contributed by atoms with van der Waals surface area (Å²) < 4.78 is 0. The summed E-state index contributed by atoms with van der Waals surface area (Å²) in [6.45, 7) is 3.82. The molecular formula is C21H17N3O3. The Morgan fingerprint density at radius 2 is 1.96 bits per heavy atom. The normalized spacial score (nSPS) is 10.4. The first kappa shape index (κ1) is 18.1. The molecule has 1 heterocycles. The Balaban J connectivity index is 2.14. The average molecular weight is 359 g/mol. The van der Waals surface area contributed by atoms with Crippen molar-refractivity contribution in [2.45, 2.75) is 20.3 Å². The lowest BCUT2D eigenvalue weighted by Crippen LogP contribution is -2.10. The van der Waals surface area contributed by atoms with Gasteiger partial charge in [-0.2, -0.15) is 5.26 Å². The number of fused-ring (bicyclic) bond motifs is 1. The second-order valence-electron chi connectivity index (χ2n) is 6.30. The number of aryl methyl sites for hydroxylation is 2. The van der Waals surface area contributed by atoms with Crippen LogP contribution in [0.3, 0.4) is 0 Å². The minimum absolute atomic E-state index is 0.181. The van der Waals surface area contributed by atoms with E-state index in [-0.39, 0.29) is 12.0 Å². The number of pyridine rings is 1. The van der Waals surface area contributed by atoms with Gasteiger partial charge in [-0.05, 0) is 43.7 Å². The summed E-state index contributed by atoms with van der Waals surface area (Å²) in [7, 11) is 0. The highest BCUT2D eigenvalue weighted by atomic mass is 16.4. The predicted molar refractivity (Wildman–Crippen MR) is 102 cm³/mol. The van der Waals surface area contributed by atoms with E-state index in [1.165, 1.54) is 0 Å². The number of carboxylic acids is 1. The molecule has 0 aliphatic rings. The number of amides is 1. The van der Waals surface area contributed by atoms with E-state index in [1.807, 2.05) is 26.0 Å². The van der Waals surface area contributed by atoms with Gasteiger partial charge in [0.15, 0.2) is 0 Å². The monoisotopic (exact) mass is 359 g/mol. The van der Waals surface area contributed by atoms with Crippen molar-refractivity contribution in [2.75, 3.05) is 5.32 Å². The lowest BCUT2D eigenvalue weighted by atomic mass is 9.99. The molecule has 2 aromatic carbocycles. The molecule has 0 saturated heterocycles. The topological polar surface area (TPSA) is 103 Å². The molecule has 1 aromatic heterocycles. The first-order chi connectivity index (χ1) is 12.9. The fourth-order valence-corrected chi connectivity index (χ4v) is 3.04. The second-order valence-corrected chi connectivity index (χ2v) is 6.30. The van der Waals surface area contributed by atoms with Crippen LogP contribution in [0, 0.1) is 25.2 Å². The van der Waals surface area contributed by atoms with Gasteiger partial charge in [0.25, 0.3) is 0 Å². The Morgan fingerprint density at radius 3 is 2.67 bits per heavy atom. The van der Waals surface area contributed by atoms with Gasteiger partial charge in [0.2, 0.25) is 5.91 Å². The van der Waals surface area contributed by atoms with Gasteiger partial charge in [0.1, 0.15) is 6.42 Å². The van der Waals surface area contributed by atoms with Gasteiger partial charge < -0.3 is 10.4 Å². The second kappa shape index (κ2) is 7.26. The third-order valence-electron chi connectivity index (χ3n) is 4.16. The number of anilines is 1. The van der Waals surface area contributed by atoms with Gasteiger partial charge >= 0.3 is 5.97 Å². The number of hydrogen-bond donors (Lipinski definition) is 2. The van der Waals surface area contributed by atoms with E-state index in [9.17, 15) is 14.7 Å². The zero-order chi connectivity index (χ0) is 19.6. The van der Waals surface area contributed by atoms with E-state index in [2.05, 4.69) is 10.3 Å². The highest BCUT2D eigenvalue weighted by molar-refractivity contribution is 6.05. The third-order valence-corrected chi connectivity index (χ3v) is 4.16. The molecule has 0 radical (unpaired) electrons. The lowest BCUT2D eigenvalue weighted by Gasteiger charge is -2.11. The summed E-state index contributed by atoms with van der Waals surface area (Å²) in [6, 6.07) is 14.1. The van der Waals surface area contributed by atoms with Crippen LogP contribution in [-0.2, 0) is 4.79 Å². The number of hydrogen-bond acceptors (Lipinski definition) is 4. The molecule has 1 amide bonds. The van der Waals surface area contributed by atoms with Gasteiger partial charge in [0, 0.05) is 16.6 Å². The largest absolute Gasteiger partial charge is 0.478 e. The van der Waals surface area contributed by atoms with Crippen LogP contribution in [0.4, 0.5) is 5.69 Å². The quantitative estimate of drug-likeness (QED) is 0.731. The molecule has 6 nitrogen and oxygen atoms in total. The maximum absolute atomic E-state index is 11.8. The molecule has 0 fully saturated rings. The minimum Gasteiger partial charge on any atom is -0.478 e. The van der Waals surface area contributed by atoms with Crippen LogP contribution in [0.2, 0.25) is 0 Å². The Hall–Kier alpha value is -3.72. The number of benzene rings is 2. The van der Waals surface area contributed by atoms with Crippen molar-refractivity contribution < 1.29 is 14.7 Å². The number of nitriles is 1. The van der Waals surface area contributed by atoms with Crippen LogP contribution in [0.15, 0.2) is 42.5 Å². The average Bonchev–Trinajstić information content (AvgIpc) is 2.61. The molecule has 3 aromatic rings. The number of rotatable bonds is 4. The van der Waals surface area contributed by atoms with Crippen LogP contribution in [0.1, 0.15) is 27.9 Å². The fourth-order valence-electron chi connectivity index (χ4n) is 3.04. The molecule has 0 spiro atoms. The first-order valence-electron chi connectivity index (χ1n) is 8.31. The van der Waals surface area contributed by atoms with E-state index < -0.39 is 11.9 Å². The molecule has 0 saturated carbocycles. The van der Waals surface area contributed by atoms with Crippen molar-refractivity contribution in [1.82, 2.24) is 4.98 Å². The third kappa shape index (κ3) is 3.77. The van der Waals surface area contributed by atoms with E-state index in [4.69, 9.17) is 5.26 Å².